The van der Waals surface area contributed by atoms with Crippen molar-refractivity contribution in [1.29, 1.82) is 0 Å². The fourth-order valence-electron chi connectivity index (χ4n) is 2.18. The number of halogens is 3. The Morgan fingerprint density at radius 2 is 1.78 bits per heavy atom. The Bertz CT molecular complexity index is 912. The number of thioether (sulfide) groups is 1. The fourth-order valence-corrected chi connectivity index (χ4v) is 2.99. The lowest BCUT2D eigenvalue weighted by Crippen LogP contribution is -2.23. The molecule has 2 aromatic carbocycles. The number of amides is 1. The maximum absolute atomic E-state index is 12.6. The molecule has 27 heavy (non-hydrogen) atoms. The number of tetrazole rings is 1. The molecular weight excluding hydrogens is 379 g/mol. The average molecular weight is 393 g/mol. The van der Waals surface area contributed by atoms with Gasteiger partial charge in [0.2, 0.25) is 11.1 Å². The molecule has 0 aliphatic carbocycles. The van der Waals surface area contributed by atoms with Gasteiger partial charge in [-0.25, -0.2) is 0 Å². The molecule has 10 heteroatoms. The zero-order chi connectivity index (χ0) is 19.4. The lowest BCUT2D eigenvalue weighted by molar-refractivity contribution is -0.137. The van der Waals surface area contributed by atoms with Crippen molar-refractivity contribution in [2.75, 3.05) is 5.32 Å². The predicted octanol–water partition coefficient (Wildman–Crippen LogP) is 3.80. The molecule has 0 aliphatic rings. The number of rotatable bonds is 5. The molecule has 0 spiro atoms. The van der Waals surface area contributed by atoms with Crippen molar-refractivity contribution in [1.82, 2.24) is 20.2 Å². The summed E-state index contributed by atoms with van der Waals surface area (Å²) in [6.07, 6.45) is -4.42. The number of anilines is 1. The van der Waals surface area contributed by atoms with Crippen LogP contribution in [0.1, 0.15) is 12.5 Å². The summed E-state index contributed by atoms with van der Waals surface area (Å²) in [6.45, 7) is 1.66. The highest BCUT2D eigenvalue weighted by atomic mass is 32.2. The first-order valence-electron chi connectivity index (χ1n) is 7.83. The number of hydrogen-bond donors (Lipinski definition) is 1. The lowest BCUT2D eigenvalue weighted by atomic mass is 10.2. The van der Waals surface area contributed by atoms with E-state index in [0.29, 0.717) is 5.16 Å². The van der Waals surface area contributed by atoms with Gasteiger partial charge in [0.05, 0.1) is 16.5 Å². The Morgan fingerprint density at radius 1 is 1.11 bits per heavy atom. The third-order valence-electron chi connectivity index (χ3n) is 3.57. The zero-order valence-corrected chi connectivity index (χ0v) is 14.8. The van der Waals surface area contributed by atoms with E-state index in [1.165, 1.54) is 16.8 Å². The van der Waals surface area contributed by atoms with Crippen molar-refractivity contribution in [2.24, 2.45) is 0 Å². The number of nitrogens with one attached hydrogen (secondary N) is 1. The molecule has 6 nitrogen and oxygen atoms in total. The second-order valence-corrected chi connectivity index (χ2v) is 6.84. The maximum Gasteiger partial charge on any atom is 0.416 e. The molecule has 0 bridgehead atoms. The molecule has 140 valence electrons. The molecule has 1 aromatic heterocycles. The van der Waals surface area contributed by atoms with Crippen LogP contribution in [0.3, 0.4) is 0 Å². The van der Waals surface area contributed by atoms with Gasteiger partial charge in [-0.1, -0.05) is 30.0 Å². The number of aromatic nitrogens is 4. The van der Waals surface area contributed by atoms with E-state index in [4.69, 9.17) is 0 Å². The molecule has 0 saturated carbocycles. The van der Waals surface area contributed by atoms with Gasteiger partial charge in [0.25, 0.3) is 0 Å². The van der Waals surface area contributed by atoms with Crippen molar-refractivity contribution in [2.45, 2.75) is 23.5 Å². The van der Waals surface area contributed by atoms with Crippen molar-refractivity contribution < 1.29 is 18.0 Å². The van der Waals surface area contributed by atoms with Crippen LogP contribution in [0.4, 0.5) is 18.9 Å². The van der Waals surface area contributed by atoms with E-state index >= 15 is 0 Å². The van der Waals surface area contributed by atoms with E-state index in [1.54, 1.807) is 6.92 Å². The van der Waals surface area contributed by atoms with E-state index in [0.717, 1.165) is 29.6 Å². The summed E-state index contributed by atoms with van der Waals surface area (Å²) in [5.74, 6) is -0.373. The quantitative estimate of drug-likeness (QED) is 0.668. The average Bonchev–Trinajstić information content (AvgIpc) is 3.10. The Labute approximate surface area is 156 Å². The predicted molar refractivity (Wildman–Crippen MR) is 94.5 cm³/mol. The van der Waals surface area contributed by atoms with Crippen molar-refractivity contribution in [3.63, 3.8) is 0 Å². The number of para-hydroxylation sites is 1. The van der Waals surface area contributed by atoms with Crippen molar-refractivity contribution in [3.05, 3.63) is 60.2 Å². The molecule has 1 atom stereocenters. The van der Waals surface area contributed by atoms with Gasteiger partial charge in [-0.2, -0.15) is 17.9 Å². The van der Waals surface area contributed by atoms with Crippen LogP contribution < -0.4 is 5.32 Å². The second-order valence-electron chi connectivity index (χ2n) is 5.53. The molecule has 0 unspecified atom stereocenters. The SMILES string of the molecule is C[C@@H](Sc1nnnn1-c1ccccc1)C(=O)Nc1ccc(C(F)(F)F)cc1. The summed E-state index contributed by atoms with van der Waals surface area (Å²) in [5, 5.41) is 13.9. The molecule has 0 radical (unpaired) electrons. The smallest absolute Gasteiger partial charge is 0.325 e. The molecule has 1 amide bonds. The third kappa shape index (κ3) is 4.64. The topological polar surface area (TPSA) is 72.7 Å². The highest BCUT2D eigenvalue weighted by Gasteiger charge is 2.30. The fraction of sp³-hybridized carbons (Fsp3) is 0.176. The number of carbonyl (C=O) groups is 1. The normalized spacial score (nSPS) is 12.6. The van der Waals surface area contributed by atoms with Gasteiger partial charge in [0.1, 0.15) is 0 Å². The van der Waals surface area contributed by atoms with Crippen LogP contribution >= 0.6 is 11.8 Å². The van der Waals surface area contributed by atoms with E-state index in [2.05, 4.69) is 20.8 Å². The summed E-state index contributed by atoms with van der Waals surface area (Å²) in [7, 11) is 0. The zero-order valence-electron chi connectivity index (χ0n) is 14.0. The van der Waals surface area contributed by atoms with Crippen LogP contribution in [0, 0.1) is 0 Å². The van der Waals surface area contributed by atoms with Crippen LogP contribution in [0.15, 0.2) is 59.8 Å². The Morgan fingerprint density at radius 3 is 2.41 bits per heavy atom. The van der Waals surface area contributed by atoms with Crippen LogP contribution in [0.5, 0.6) is 0 Å². The van der Waals surface area contributed by atoms with E-state index in [-0.39, 0.29) is 11.6 Å². The van der Waals surface area contributed by atoms with Gasteiger partial charge in [-0.3, -0.25) is 4.79 Å². The first-order valence-corrected chi connectivity index (χ1v) is 8.71. The summed E-state index contributed by atoms with van der Waals surface area (Å²) in [4.78, 5) is 12.3. The Hall–Kier alpha value is -2.88. The number of nitrogens with zero attached hydrogens (tertiary/aromatic N) is 4. The second kappa shape index (κ2) is 7.78. The lowest BCUT2D eigenvalue weighted by Gasteiger charge is -2.12. The van der Waals surface area contributed by atoms with Gasteiger partial charge < -0.3 is 5.32 Å². The van der Waals surface area contributed by atoms with Gasteiger partial charge in [0.15, 0.2) is 0 Å². The molecular formula is C17H14F3N5OS. The number of hydrogen-bond acceptors (Lipinski definition) is 5. The van der Waals surface area contributed by atoms with Crippen LogP contribution in [-0.2, 0) is 11.0 Å². The van der Waals surface area contributed by atoms with E-state index < -0.39 is 17.0 Å². The maximum atomic E-state index is 12.6. The van der Waals surface area contributed by atoms with Crippen LogP contribution in [0.25, 0.3) is 5.69 Å². The Kier molecular flexibility index (Phi) is 5.45. The number of benzene rings is 2. The molecule has 0 fully saturated rings. The highest BCUT2D eigenvalue weighted by molar-refractivity contribution is 8.00. The first kappa shape index (κ1) is 18.9. The molecule has 3 rings (SSSR count). The molecule has 1 heterocycles. The van der Waals surface area contributed by atoms with Crippen molar-refractivity contribution in [3.8, 4) is 5.69 Å². The number of alkyl halides is 3. The summed E-state index contributed by atoms with van der Waals surface area (Å²) >= 11 is 1.14. The van der Waals surface area contributed by atoms with Gasteiger partial charge in [0, 0.05) is 5.69 Å². The van der Waals surface area contributed by atoms with Crippen LogP contribution in [-0.4, -0.2) is 31.4 Å². The molecule has 0 aliphatic heterocycles. The standard InChI is InChI=1S/C17H14F3N5OS/c1-11(15(26)21-13-9-7-12(8-10-13)17(18,19)20)27-16-22-23-24-25(16)14-5-3-2-4-6-14/h2-11H,1H3,(H,21,26)/t11-/m1/s1. The summed E-state index contributed by atoms with van der Waals surface area (Å²) in [5.41, 5.74) is 0.258. The van der Waals surface area contributed by atoms with E-state index in [1.807, 2.05) is 30.3 Å². The minimum absolute atomic E-state index is 0.281. The molecule has 1 N–H and O–H groups in total. The summed E-state index contributed by atoms with van der Waals surface area (Å²) < 4.78 is 39.3. The summed E-state index contributed by atoms with van der Waals surface area (Å²) in [6, 6.07) is 13.5. The molecule has 3 aromatic rings. The third-order valence-corrected chi connectivity index (χ3v) is 4.61. The number of carbonyl (C=O) groups excluding carboxylic acids is 1. The monoisotopic (exact) mass is 393 g/mol. The van der Waals surface area contributed by atoms with Crippen LogP contribution in [0.2, 0.25) is 0 Å². The van der Waals surface area contributed by atoms with Gasteiger partial charge in [-0.15, -0.1) is 5.10 Å². The van der Waals surface area contributed by atoms with Crippen molar-refractivity contribution >= 4 is 23.4 Å². The first-order chi connectivity index (χ1) is 12.8. The Balaban J connectivity index is 1.66. The minimum atomic E-state index is -4.42. The minimum Gasteiger partial charge on any atom is -0.325 e. The van der Waals surface area contributed by atoms with Gasteiger partial charge >= 0.3 is 6.18 Å². The largest absolute Gasteiger partial charge is 0.416 e. The highest BCUT2D eigenvalue weighted by Crippen LogP contribution is 2.30. The van der Waals surface area contributed by atoms with E-state index in [9.17, 15) is 18.0 Å². The molecule has 0 saturated heterocycles. The van der Waals surface area contributed by atoms with Gasteiger partial charge in [-0.05, 0) is 53.7 Å².